The maximum Gasteiger partial charge on any atom is 0.239 e. The Morgan fingerprint density at radius 1 is 1.33 bits per heavy atom. The lowest BCUT2D eigenvalue weighted by molar-refractivity contribution is -0.134. The first-order valence-electron chi connectivity index (χ1n) is 7.98. The van der Waals surface area contributed by atoms with E-state index in [-0.39, 0.29) is 11.9 Å². The van der Waals surface area contributed by atoms with Crippen LogP contribution in [0.4, 0.5) is 0 Å². The Labute approximate surface area is 135 Å². The number of benzene rings is 1. The van der Waals surface area contributed by atoms with Crippen molar-refractivity contribution >= 4 is 21.8 Å². The number of nitrogens with one attached hydrogen (secondary N) is 1. The van der Waals surface area contributed by atoms with Crippen LogP contribution in [0, 0.1) is 0 Å². The van der Waals surface area contributed by atoms with Gasteiger partial charge in [-0.15, -0.1) is 0 Å². The van der Waals surface area contributed by atoms with E-state index >= 15 is 0 Å². The quantitative estimate of drug-likeness (QED) is 0.905. The molecule has 3 rings (SSSR count). The van der Waals surface area contributed by atoms with Crippen LogP contribution in [0.1, 0.15) is 49.8 Å². The van der Waals surface area contributed by atoms with E-state index in [2.05, 4.69) is 39.4 Å². The van der Waals surface area contributed by atoms with Crippen LogP contribution in [0.5, 0.6) is 0 Å². The third-order valence-electron chi connectivity index (χ3n) is 4.67. The van der Waals surface area contributed by atoms with Crippen LogP contribution in [0.3, 0.4) is 0 Å². The number of piperidine rings is 1. The third-order valence-corrected chi connectivity index (χ3v) is 5.17. The largest absolute Gasteiger partial charge is 0.341 e. The summed E-state index contributed by atoms with van der Waals surface area (Å²) >= 11 is 3.53. The fourth-order valence-electron chi connectivity index (χ4n) is 3.52. The molecule has 1 aliphatic heterocycles. The molecule has 3 nitrogen and oxygen atoms in total. The molecule has 1 aliphatic carbocycles. The number of fused-ring (bicyclic) bond motifs is 1. The summed E-state index contributed by atoms with van der Waals surface area (Å²) in [6.07, 6.45) is 5.74. The van der Waals surface area contributed by atoms with Gasteiger partial charge in [-0.2, -0.15) is 0 Å². The van der Waals surface area contributed by atoms with Gasteiger partial charge in [-0.3, -0.25) is 10.1 Å². The highest BCUT2D eigenvalue weighted by molar-refractivity contribution is 9.10. The number of rotatable bonds is 3. The smallest absolute Gasteiger partial charge is 0.239 e. The van der Waals surface area contributed by atoms with Crippen molar-refractivity contribution in [3.63, 3.8) is 0 Å². The average molecular weight is 351 g/mol. The number of nitrogens with zero attached hydrogens (tertiary/aromatic N) is 1. The second kappa shape index (κ2) is 6.49. The fourth-order valence-corrected chi connectivity index (χ4v) is 3.93. The Hall–Kier alpha value is -0.870. The van der Waals surface area contributed by atoms with E-state index < -0.39 is 0 Å². The molecule has 2 aliphatic rings. The van der Waals surface area contributed by atoms with Gasteiger partial charge in [-0.25, -0.2) is 0 Å². The highest BCUT2D eigenvalue weighted by Crippen LogP contribution is 2.33. The minimum absolute atomic E-state index is 0.0947. The first kappa shape index (κ1) is 15.0. The van der Waals surface area contributed by atoms with Crippen LogP contribution in [0.25, 0.3) is 0 Å². The van der Waals surface area contributed by atoms with E-state index in [9.17, 15) is 4.79 Å². The molecule has 114 valence electrons. The van der Waals surface area contributed by atoms with Crippen LogP contribution >= 0.6 is 15.9 Å². The van der Waals surface area contributed by atoms with Crippen molar-refractivity contribution in [2.45, 2.75) is 51.1 Å². The molecule has 1 fully saturated rings. The Kier molecular flexibility index (Phi) is 4.65. The van der Waals surface area contributed by atoms with Crippen molar-refractivity contribution in [3.8, 4) is 0 Å². The zero-order chi connectivity index (χ0) is 14.8. The molecule has 0 spiro atoms. The first-order valence-corrected chi connectivity index (χ1v) is 8.77. The SMILES string of the molecule is CC(NC1CCc2cc(Br)ccc21)C(=O)N1CCCCC1. The lowest BCUT2D eigenvalue weighted by Gasteiger charge is -2.30. The average Bonchev–Trinajstić information content (AvgIpc) is 2.89. The molecule has 21 heavy (non-hydrogen) atoms. The standard InChI is InChI=1S/C17H23BrN2O/c1-12(17(21)20-9-3-2-4-10-20)19-16-8-5-13-11-14(18)6-7-15(13)16/h6-7,11-12,16,19H,2-5,8-10H2,1H3. The molecule has 0 bridgehead atoms. The van der Waals surface area contributed by atoms with Gasteiger partial charge in [0.05, 0.1) is 6.04 Å². The van der Waals surface area contributed by atoms with E-state index in [0.717, 1.165) is 43.2 Å². The molecular formula is C17H23BrN2O. The summed E-state index contributed by atoms with van der Waals surface area (Å²) in [5.41, 5.74) is 2.76. The molecule has 4 heteroatoms. The van der Waals surface area contributed by atoms with Gasteiger partial charge in [0.2, 0.25) is 5.91 Å². The summed E-state index contributed by atoms with van der Waals surface area (Å²) in [6, 6.07) is 6.70. The number of carbonyl (C=O) groups excluding carboxylic acids is 1. The maximum atomic E-state index is 12.5. The molecule has 2 atom stereocenters. The number of halogens is 1. The lowest BCUT2D eigenvalue weighted by Crippen LogP contribution is -2.47. The summed E-state index contributed by atoms with van der Waals surface area (Å²) in [6.45, 7) is 3.87. The molecule has 0 saturated carbocycles. The second-order valence-electron chi connectivity index (χ2n) is 6.21. The number of amides is 1. The lowest BCUT2D eigenvalue weighted by atomic mass is 10.1. The summed E-state index contributed by atoms with van der Waals surface area (Å²) in [4.78, 5) is 14.5. The summed E-state index contributed by atoms with van der Waals surface area (Å²) in [7, 11) is 0. The van der Waals surface area contributed by atoms with Gasteiger partial charge in [0, 0.05) is 23.6 Å². The van der Waals surface area contributed by atoms with Crippen molar-refractivity contribution < 1.29 is 4.79 Å². The number of hydrogen-bond donors (Lipinski definition) is 1. The molecule has 0 aromatic heterocycles. The number of aryl methyl sites for hydroxylation is 1. The van der Waals surface area contributed by atoms with Crippen molar-refractivity contribution in [2.24, 2.45) is 0 Å². The zero-order valence-electron chi connectivity index (χ0n) is 12.6. The van der Waals surface area contributed by atoms with E-state index in [0.29, 0.717) is 6.04 Å². The fraction of sp³-hybridized carbons (Fsp3) is 0.588. The second-order valence-corrected chi connectivity index (χ2v) is 7.12. The first-order chi connectivity index (χ1) is 10.1. The minimum atomic E-state index is -0.0947. The Morgan fingerprint density at radius 2 is 2.10 bits per heavy atom. The van der Waals surface area contributed by atoms with Gasteiger partial charge < -0.3 is 4.90 Å². The molecule has 1 N–H and O–H groups in total. The normalized spacial score (nSPS) is 23.0. The van der Waals surface area contributed by atoms with Gasteiger partial charge in [-0.05, 0) is 62.3 Å². The van der Waals surface area contributed by atoms with Crippen molar-refractivity contribution in [1.29, 1.82) is 0 Å². The van der Waals surface area contributed by atoms with E-state index in [4.69, 9.17) is 0 Å². The Balaban J connectivity index is 1.63. The van der Waals surface area contributed by atoms with Crippen LogP contribution in [-0.2, 0) is 11.2 Å². The van der Waals surface area contributed by atoms with Crippen molar-refractivity contribution in [2.75, 3.05) is 13.1 Å². The predicted octanol–water partition coefficient (Wildman–Crippen LogP) is 3.43. The molecule has 1 amide bonds. The van der Waals surface area contributed by atoms with E-state index in [1.807, 2.05) is 11.8 Å². The molecular weight excluding hydrogens is 328 g/mol. The van der Waals surface area contributed by atoms with E-state index in [1.54, 1.807) is 0 Å². The van der Waals surface area contributed by atoms with Gasteiger partial charge >= 0.3 is 0 Å². The number of likely N-dealkylation sites (tertiary alicyclic amines) is 1. The third kappa shape index (κ3) is 3.32. The minimum Gasteiger partial charge on any atom is -0.341 e. The molecule has 0 radical (unpaired) electrons. The summed E-state index contributed by atoms with van der Waals surface area (Å²) < 4.78 is 1.14. The molecule has 1 heterocycles. The summed E-state index contributed by atoms with van der Waals surface area (Å²) in [5, 5.41) is 3.55. The van der Waals surface area contributed by atoms with Crippen LogP contribution in [0.15, 0.2) is 22.7 Å². The maximum absolute atomic E-state index is 12.5. The molecule has 1 saturated heterocycles. The Bertz CT molecular complexity index is 526. The predicted molar refractivity (Wildman–Crippen MR) is 88.2 cm³/mol. The highest BCUT2D eigenvalue weighted by atomic mass is 79.9. The van der Waals surface area contributed by atoms with E-state index in [1.165, 1.54) is 17.5 Å². The van der Waals surface area contributed by atoms with Crippen LogP contribution in [-0.4, -0.2) is 29.9 Å². The Morgan fingerprint density at radius 3 is 2.86 bits per heavy atom. The monoisotopic (exact) mass is 350 g/mol. The highest BCUT2D eigenvalue weighted by Gasteiger charge is 2.28. The zero-order valence-corrected chi connectivity index (χ0v) is 14.2. The van der Waals surface area contributed by atoms with Gasteiger partial charge in [-0.1, -0.05) is 22.0 Å². The van der Waals surface area contributed by atoms with Gasteiger partial charge in [0.1, 0.15) is 0 Å². The van der Waals surface area contributed by atoms with Crippen LogP contribution in [0.2, 0.25) is 0 Å². The number of carbonyl (C=O) groups is 1. The summed E-state index contributed by atoms with van der Waals surface area (Å²) in [5.74, 6) is 0.264. The van der Waals surface area contributed by atoms with Crippen molar-refractivity contribution in [3.05, 3.63) is 33.8 Å². The topological polar surface area (TPSA) is 32.3 Å². The van der Waals surface area contributed by atoms with Gasteiger partial charge in [0.15, 0.2) is 0 Å². The van der Waals surface area contributed by atoms with Crippen molar-refractivity contribution in [1.82, 2.24) is 10.2 Å². The molecule has 1 aromatic carbocycles. The molecule has 2 unspecified atom stereocenters. The van der Waals surface area contributed by atoms with Gasteiger partial charge in [0.25, 0.3) is 0 Å². The van der Waals surface area contributed by atoms with Crippen LogP contribution < -0.4 is 5.32 Å². The molecule has 1 aromatic rings. The number of hydrogen-bond acceptors (Lipinski definition) is 2.